The van der Waals surface area contributed by atoms with Crippen molar-refractivity contribution in [1.29, 1.82) is 0 Å². The number of carboxylic acid groups (broad SMARTS) is 1. The van der Waals surface area contributed by atoms with Crippen molar-refractivity contribution in [3.8, 4) is 5.75 Å². The van der Waals surface area contributed by atoms with Crippen LogP contribution in [0.4, 0.5) is 5.69 Å². The van der Waals surface area contributed by atoms with Gasteiger partial charge in [0, 0.05) is 17.2 Å². The molecule has 11 nitrogen and oxygen atoms in total. The molecule has 1 fully saturated rings. The number of thioether (sulfide) groups is 2. The average molecular weight is 463 g/mol. The zero-order valence-electron chi connectivity index (χ0n) is 16.0. The van der Waals surface area contributed by atoms with Crippen LogP contribution >= 0.6 is 23.5 Å². The first-order chi connectivity index (χ1) is 14.9. The molecule has 0 spiro atoms. The highest BCUT2D eigenvalue weighted by molar-refractivity contribution is 8.01. The number of aromatic hydroxyl groups is 1. The number of fused-ring (bicyclic) bond motifs is 1. The van der Waals surface area contributed by atoms with Gasteiger partial charge in [-0.1, -0.05) is 11.8 Å². The van der Waals surface area contributed by atoms with Crippen molar-refractivity contribution in [2.75, 3.05) is 23.0 Å². The van der Waals surface area contributed by atoms with E-state index in [1.807, 2.05) is 0 Å². The van der Waals surface area contributed by atoms with E-state index < -0.39 is 29.2 Å². The number of rotatable bonds is 7. The van der Waals surface area contributed by atoms with Crippen LogP contribution in [0.5, 0.6) is 5.75 Å². The third-order valence-corrected chi connectivity index (χ3v) is 7.17. The fourth-order valence-corrected chi connectivity index (χ4v) is 5.78. The molecule has 1 aromatic heterocycles. The maximum atomic E-state index is 13.1. The highest BCUT2D eigenvalue weighted by atomic mass is 32.2. The van der Waals surface area contributed by atoms with Crippen molar-refractivity contribution in [1.82, 2.24) is 20.3 Å². The van der Waals surface area contributed by atoms with Crippen LogP contribution in [-0.4, -0.2) is 77.8 Å². The van der Waals surface area contributed by atoms with E-state index in [0.717, 1.165) is 0 Å². The Bertz CT molecular complexity index is 1040. The maximum Gasteiger partial charge on any atom is 0.352 e. The van der Waals surface area contributed by atoms with E-state index in [0.29, 0.717) is 27.8 Å². The minimum atomic E-state index is -1.20. The molecule has 2 aromatic rings. The lowest BCUT2D eigenvalue weighted by molar-refractivity contribution is -0.149. The van der Waals surface area contributed by atoms with Gasteiger partial charge in [-0.05, 0) is 29.8 Å². The van der Waals surface area contributed by atoms with Crippen LogP contribution < -0.4 is 10.6 Å². The van der Waals surface area contributed by atoms with Crippen molar-refractivity contribution >= 4 is 47.0 Å². The zero-order chi connectivity index (χ0) is 22.1. The number of aliphatic carboxylic acids is 1. The van der Waals surface area contributed by atoms with Crippen molar-refractivity contribution in [2.45, 2.75) is 16.4 Å². The van der Waals surface area contributed by atoms with E-state index in [2.05, 4.69) is 15.4 Å². The standard InChI is InChI=1S/C18H18N6O5S2/c19-5-13(26)23(10-1-3-11(25)4-2-10)15-16(27)24-14(18(28)29)9(8-31-17(15)24)7-30-12-6-20-22-21-12/h1-4,6,15,17,25H,5,7-8,19H2,(H,28,29)(H,20,21,22)/t15?,17-/m0/s1. The summed E-state index contributed by atoms with van der Waals surface area (Å²) in [7, 11) is 0. The van der Waals surface area contributed by atoms with Gasteiger partial charge in [0.1, 0.15) is 27.9 Å². The Balaban J connectivity index is 1.62. The molecule has 13 heteroatoms. The predicted octanol–water partition coefficient (Wildman–Crippen LogP) is 0.217. The number of anilines is 1. The Kier molecular flexibility index (Phi) is 5.89. The minimum absolute atomic E-state index is 0.0165. The molecule has 5 N–H and O–H groups in total. The smallest absolute Gasteiger partial charge is 0.352 e. The van der Waals surface area contributed by atoms with Crippen LogP contribution in [0.15, 0.2) is 46.8 Å². The number of amides is 2. The number of β-lactam (4-membered cyclic amide) rings is 1. The van der Waals surface area contributed by atoms with Gasteiger partial charge in [0.05, 0.1) is 12.7 Å². The Morgan fingerprint density at radius 1 is 1.35 bits per heavy atom. The number of carboxylic acids is 1. The summed E-state index contributed by atoms with van der Waals surface area (Å²) < 4.78 is 0. The summed E-state index contributed by atoms with van der Waals surface area (Å²) in [4.78, 5) is 40.2. The van der Waals surface area contributed by atoms with Crippen LogP contribution in [0.25, 0.3) is 0 Å². The number of nitrogens with two attached hydrogens (primary N) is 1. The summed E-state index contributed by atoms with van der Waals surface area (Å²) in [5, 5.41) is 29.5. The number of carbonyl (C=O) groups excluding carboxylic acids is 2. The fourth-order valence-electron chi connectivity index (χ4n) is 3.47. The van der Waals surface area contributed by atoms with Crippen LogP contribution in [0.3, 0.4) is 0 Å². The number of phenolic OH excluding ortho intramolecular Hbond substituents is 1. The lowest BCUT2D eigenvalue weighted by Crippen LogP contribution is -2.72. The first-order valence-electron chi connectivity index (χ1n) is 9.12. The monoisotopic (exact) mass is 462 g/mol. The summed E-state index contributed by atoms with van der Waals surface area (Å²) >= 11 is 2.70. The molecule has 1 unspecified atom stereocenters. The van der Waals surface area contributed by atoms with Crippen molar-refractivity contribution in [2.24, 2.45) is 5.73 Å². The number of hydrogen-bond donors (Lipinski definition) is 4. The Labute approximate surface area is 184 Å². The number of aromatic nitrogens is 3. The van der Waals surface area contributed by atoms with Crippen LogP contribution in [-0.2, 0) is 14.4 Å². The van der Waals surface area contributed by atoms with E-state index in [1.54, 1.807) is 0 Å². The first kappa shape index (κ1) is 21.2. The number of hydrogen-bond acceptors (Lipinski definition) is 9. The lowest BCUT2D eigenvalue weighted by Gasteiger charge is -2.52. The average Bonchev–Trinajstić information content (AvgIpc) is 3.29. The predicted molar refractivity (Wildman–Crippen MR) is 113 cm³/mol. The van der Waals surface area contributed by atoms with E-state index >= 15 is 0 Å². The topological polar surface area (TPSA) is 166 Å². The molecule has 2 atom stereocenters. The molecule has 31 heavy (non-hydrogen) atoms. The molecule has 0 saturated carbocycles. The third-order valence-electron chi connectivity index (χ3n) is 4.86. The molecule has 3 heterocycles. The largest absolute Gasteiger partial charge is 0.508 e. The number of H-pyrrole nitrogens is 1. The van der Waals surface area contributed by atoms with Gasteiger partial charge in [-0.15, -0.1) is 16.9 Å². The quantitative estimate of drug-likeness (QED) is 0.330. The SMILES string of the molecule is NCC(=O)N(c1ccc(O)cc1)C1C(=O)N2C(C(=O)O)=C(CSc3cn[nH]n3)CS[C@@H]12. The van der Waals surface area contributed by atoms with Gasteiger partial charge >= 0.3 is 5.97 Å². The van der Waals surface area contributed by atoms with Crippen LogP contribution in [0.1, 0.15) is 0 Å². The van der Waals surface area contributed by atoms with E-state index in [4.69, 9.17) is 5.73 Å². The molecule has 1 aromatic carbocycles. The third kappa shape index (κ3) is 3.86. The number of nitrogens with zero attached hydrogens (tertiary/aromatic N) is 4. The van der Waals surface area contributed by atoms with E-state index in [9.17, 15) is 24.6 Å². The Morgan fingerprint density at radius 2 is 2.10 bits per heavy atom. The summed E-state index contributed by atoms with van der Waals surface area (Å²) in [6, 6.07) is 4.95. The van der Waals surface area contributed by atoms with Gasteiger partial charge in [0.25, 0.3) is 5.91 Å². The Morgan fingerprint density at radius 3 is 2.71 bits per heavy atom. The molecule has 0 aliphatic carbocycles. The number of carbonyl (C=O) groups is 3. The molecule has 2 aliphatic heterocycles. The van der Waals surface area contributed by atoms with E-state index in [-0.39, 0.29) is 18.0 Å². The molecule has 1 saturated heterocycles. The van der Waals surface area contributed by atoms with Gasteiger partial charge < -0.3 is 15.9 Å². The number of benzene rings is 1. The zero-order valence-corrected chi connectivity index (χ0v) is 17.6. The Hall–Kier alpha value is -3.03. The molecule has 162 valence electrons. The summed E-state index contributed by atoms with van der Waals surface area (Å²) in [6.45, 7) is -0.316. The molecule has 0 bridgehead atoms. The lowest BCUT2D eigenvalue weighted by atomic mass is 10.0. The van der Waals surface area contributed by atoms with Crippen molar-refractivity contribution in [3.63, 3.8) is 0 Å². The second-order valence-electron chi connectivity index (χ2n) is 6.69. The van der Waals surface area contributed by atoms with Gasteiger partial charge in [-0.25, -0.2) is 4.79 Å². The normalized spacial score (nSPS) is 20.3. The summed E-state index contributed by atoms with van der Waals surface area (Å²) in [6.07, 6.45) is 1.53. The van der Waals surface area contributed by atoms with Gasteiger partial charge in [0.15, 0.2) is 0 Å². The molecular weight excluding hydrogens is 444 g/mol. The van der Waals surface area contributed by atoms with E-state index in [1.165, 1.54) is 63.8 Å². The maximum absolute atomic E-state index is 13.1. The molecule has 2 amide bonds. The molecule has 0 radical (unpaired) electrons. The molecular formula is C18H18N6O5S2. The molecule has 4 rings (SSSR count). The second-order valence-corrected chi connectivity index (χ2v) is 8.79. The minimum Gasteiger partial charge on any atom is -0.508 e. The fraction of sp³-hybridized carbons (Fsp3) is 0.278. The van der Waals surface area contributed by atoms with Crippen LogP contribution in [0.2, 0.25) is 0 Å². The van der Waals surface area contributed by atoms with Gasteiger partial charge in [-0.3, -0.25) is 19.4 Å². The van der Waals surface area contributed by atoms with Crippen molar-refractivity contribution in [3.05, 3.63) is 41.7 Å². The van der Waals surface area contributed by atoms with Crippen LogP contribution in [0, 0.1) is 0 Å². The number of nitrogens with one attached hydrogen (secondary N) is 1. The first-order valence-corrected chi connectivity index (χ1v) is 11.2. The summed E-state index contributed by atoms with van der Waals surface area (Å²) in [5.74, 6) is -1.42. The highest BCUT2D eigenvalue weighted by Gasteiger charge is 2.57. The number of phenols is 1. The number of aromatic amines is 1. The second kappa shape index (κ2) is 8.61. The molecule has 2 aliphatic rings. The van der Waals surface area contributed by atoms with Crippen molar-refractivity contribution < 1.29 is 24.6 Å². The van der Waals surface area contributed by atoms with Gasteiger partial charge in [0.2, 0.25) is 5.91 Å². The highest BCUT2D eigenvalue weighted by Crippen LogP contribution is 2.44. The summed E-state index contributed by atoms with van der Waals surface area (Å²) in [5.41, 5.74) is 6.49. The van der Waals surface area contributed by atoms with Gasteiger partial charge in [-0.2, -0.15) is 10.3 Å².